The number of hydrogen-bond acceptors (Lipinski definition) is 6. The van der Waals surface area contributed by atoms with Crippen molar-refractivity contribution in [3.8, 4) is 5.82 Å². The van der Waals surface area contributed by atoms with Gasteiger partial charge in [0.2, 0.25) is 0 Å². The van der Waals surface area contributed by atoms with E-state index in [0.717, 1.165) is 16.5 Å². The number of thiazole rings is 1. The molecule has 3 aromatic heterocycles. The summed E-state index contributed by atoms with van der Waals surface area (Å²) >= 11 is 1.68. The number of hydrogen-bond donors (Lipinski definition) is 1. The Morgan fingerprint density at radius 2 is 2.05 bits per heavy atom. The number of nitrogens with one attached hydrogen (secondary N) is 1. The normalized spacial score (nSPS) is 12.3. The van der Waals surface area contributed by atoms with Gasteiger partial charge in [-0.25, -0.2) is 9.67 Å². The molecule has 7 heteroatoms. The molecular formula is C14H16N6S. The number of aromatic nitrogens is 5. The number of anilines is 1. The quantitative estimate of drug-likeness (QED) is 0.802. The first-order valence-corrected chi connectivity index (χ1v) is 7.49. The molecule has 1 atom stereocenters. The molecule has 0 saturated heterocycles. The van der Waals surface area contributed by atoms with E-state index in [1.165, 1.54) is 4.88 Å². The molecule has 3 rings (SSSR count). The summed E-state index contributed by atoms with van der Waals surface area (Å²) in [5.74, 6) is 1.43. The average molecular weight is 300 g/mol. The highest BCUT2D eigenvalue weighted by molar-refractivity contribution is 7.11. The molecule has 0 aliphatic rings. The highest BCUT2D eigenvalue weighted by Crippen LogP contribution is 2.22. The molecule has 108 valence electrons. The van der Waals surface area contributed by atoms with E-state index in [2.05, 4.69) is 39.4 Å². The molecule has 1 unspecified atom stereocenters. The Kier molecular flexibility index (Phi) is 3.66. The highest BCUT2D eigenvalue weighted by atomic mass is 32.1. The molecule has 0 bridgehead atoms. The molecular weight excluding hydrogens is 284 g/mol. The van der Waals surface area contributed by atoms with Gasteiger partial charge in [-0.3, -0.25) is 0 Å². The van der Waals surface area contributed by atoms with Crippen molar-refractivity contribution in [1.29, 1.82) is 0 Å². The SMILES string of the molecule is Cc1ccn(-c2ccc(NC(C)c3ncc(C)s3)nn2)n1. The van der Waals surface area contributed by atoms with Crippen molar-refractivity contribution in [3.63, 3.8) is 0 Å². The zero-order valence-electron chi connectivity index (χ0n) is 12.1. The lowest BCUT2D eigenvalue weighted by Gasteiger charge is -2.11. The molecule has 3 aromatic rings. The van der Waals surface area contributed by atoms with Gasteiger partial charge in [-0.15, -0.1) is 21.5 Å². The molecule has 0 spiro atoms. The van der Waals surface area contributed by atoms with E-state index < -0.39 is 0 Å². The Morgan fingerprint density at radius 3 is 2.62 bits per heavy atom. The fourth-order valence-corrected chi connectivity index (χ4v) is 2.70. The first-order chi connectivity index (χ1) is 10.1. The Balaban J connectivity index is 1.72. The van der Waals surface area contributed by atoms with Gasteiger partial charge in [-0.2, -0.15) is 5.10 Å². The van der Waals surface area contributed by atoms with Crippen molar-refractivity contribution in [2.24, 2.45) is 0 Å². The summed E-state index contributed by atoms with van der Waals surface area (Å²) in [6, 6.07) is 5.83. The summed E-state index contributed by atoms with van der Waals surface area (Å²) in [5, 5.41) is 17.0. The maximum absolute atomic E-state index is 4.37. The second-order valence-corrected chi connectivity index (χ2v) is 6.12. The number of rotatable bonds is 4. The molecule has 6 nitrogen and oxygen atoms in total. The lowest BCUT2D eigenvalue weighted by molar-refractivity contribution is 0.794. The van der Waals surface area contributed by atoms with Crippen molar-refractivity contribution in [3.05, 3.63) is 46.2 Å². The minimum absolute atomic E-state index is 0.107. The van der Waals surface area contributed by atoms with Gasteiger partial charge in [-0.05, 0) is 39.0 Å². The van der Waals surface area contributed by atoms with Gasteiger partial charge in [0.05, 0.1) is 11.7 Å². The van der Waals surface area contributed by atoms with Crippen LogP contribution in [-0.4, -0.2) is 25.0 Å². The van der Waals surface area contributed by atoms with Crippen LogP contribution in [0.1, 0.15) is 28.5 Å². The van der Waals surface area contributed by atoms with Gasteiger partial charge < -0.3 is 5.32 Å². The van der Waals surface area contributed by atoms with Gasteiger partial charge in [-0.1, -0.05) is 0 Å². The van der Waals surface area contributed by atoms with E-state index >= 15 is 0 Å². The molecule has 1 N–H and O–H groups in total. The van der Waals surface area contributed by atoms with E-state index in [4.69, 9.17) is 0 Å². The Bertz CT molecular complexity index is 730. The minimum Gasteiger partial charge on any atom is -0.360 e. The second kappa shape index (κ2) is 5.61. The van der Waals surface area contributed by atoms with E-state index in [-0.39, 0.29) is 6.04 Å². The molecule has 21 heavy (non-hydrogen) atoms. The van der Waals surface area contributed by atoms with Gasteiger partial charge in [0.1, 0.15) is 10.8 Å². The topological polar surface area (TPSA) is 68.5 Å². The third kappa shape index (κ3) is 3.08. The van der Waals surface area contributed by atoms with Gasteiger partial charge >= 0.3 is 0 Å². The third-order valence-corrected chi connectivity index (χ3v) is 4.08. The first-order valence-electron chi connectivity index (χ1n) is 6.67. The summed E-state index contributed by atoms with van der Waals surface area (Å²) < 4.78 is 1.71. The largest absolute Gasteiger partial charge is 0.360 e. The molecule has 0 saturated carbocycles. The van der Waals surface area contributed by atoms with Crippen LogP contribution < -0.4 is 5.32 Å². The third-order valence-electron chi connectivity index (χ3n) is 2.98. The van der Waals surface area contributed by atoms with Crippen LogP contribution >= 0.6 is 11.3 Å². The zero-order chi connectivity index (χ0) is 14.8. The van der Waals surface area contributed by atoms with Crippen molar-refractivity contribution in [2.45, 2.75) is 26.8 Å². The van der Waals surface area contributed by atoms with E-state index in [1.54, 1.807) is 16.0 Å². The zero-order valence-corrected chi connectivity index (χ0v) is 12.9. The van der Waals surface area contributed by atoms with Crippen LogP contribution in [0, 0.1) is 13.8 Å². The van der Waals surface area contributed by atoms with E-state index in [9.17, 15) is 0 Å². The Labute approximate surface area is 126 Å². The molecule has 3 heterocycles. The Hall–Kier alpha value is -2.28. The van der Waals surface area contributed by atoms with Gasteiger partial charge in [0.15, 0.2) is 5.82 Å². The fraction of sp³-hybridized carbons (Fsp3) is 0.286. The van der Waals surface area contributed by atoms with Crippen molar-refractivity contribution in [1.82, 2.24) is 25.0 Å². The molecule has 0 amide bonds. The van der Waals surface area contributed by atoms with Gasteiger partial charge in [0, 0.05) is 17.3 Å². The van der Waals surface area contributed by atoms with Crippen molar-refractivity contribution >= 4 is 17.2 Å². The summed E-state index contributed by atoms with van der Waals surface area (Å²) in [4.78, 5) is 5.58. The van der Waals surface area contributed by atoms with Crippen LogP contribution in [0.2, 0.25) is 0 Å². The predicted molar refractivity (Wildman–Crippen MR) is 82.8 cm³/mol. The summed E-state index contributed by atoms with van der Waals surface area (Å²) in [7, 11) is 0. The summed E-state index contributed by atoms with van der Waals surface area (Å²) in [5.41, 5.74) is 0.951. The molecule has 0 aliphatic carbocycles. The summed E-state index contributed by atoms with van der Waals surface area (Å²) in [6.07, 6.45) is 3.75. The maximum atomic E-state index is 4.37. The highest BCUT2D eigenvalue weighted by Gasteiger charge is 2.10. The van der Waals surface area contributed by atoms with Gasteiger partial charge in [0.25, 0.3) is 0 Å². The average Bonchev–Trinajstić information content (AvgIpc) is 3.08. The van der Waals surface area contributed by atoms with Crippen molar-refractivity contribution in [2.75, 3.05) is 5.32 Å². The standard InChI is InChI=1S/C14H16N6S/c1-9-6-7-20(19-9)13-5-4-12(17-18-13)16-11(3)14-15-8-10(2)21-14/h4-8,11H,1-3H3,(H,16,17). The number of aryl methyl sites for hydroxylation is 2. The number of nitrogens with zero attached hydrogens (tertiary/aromatic N) is 5. The Morgan fingerprint density at radius 1 is 1.19 bits per heavy atom. The minimum atomic E-state index is 0.107. The molecule has 0 aliphatic heterocycles. The predicted octanol–water partition coefficient (Wildman–Crippen LogP) is 2.91. The summed E-state index contributed by atoms with van der Waals surface area (Å²) in [6.45, 7) is 6.05. The van der Waals surface area contributed by atoms with Crippen LogP contribution in [-0.2, 0) is 0 Å². The second-order valence-electron chi connectivity index (χ2n) is 4.85. The van der Waals surface area contributed by atoms with Crippen molar-refractivity contribution < 1.29 is 0 Å². The van der Waals surface area contributed by atoms with Crippen LogP contribution in [0.5, 0.6) is 0 Å². The molecule has 0 radical (unpaired) electrons. The maximum Gasteiger partial charge on any atom is 0.175 e. The first kappa shape index (κ1) is 13.7. The lowest BCUT2D eigenvalue weighted by atomic mass is 10.3. The smallest absolute Gasteiger partial charge is 0.175 e. The van der Waals surface area contributed by atoms with E-state index in [0.29, 0.717) is 5.82 Å². The molecule has 0 aromatic carbocycles. The van der Waals surface area contributed by atoms with Crippen LogP contribution in [0.4, 0.5) is 5.82 Å². The van der Waals surface area contributed by atoms with Crippen LogP contribution in [0.25, 0.3) is 5.82 Å². The van der Waals surface area contributed by atoms with Crippen LogP contribution in [0.3, 0.4) is 0 Å². The monoisotopic (exact) mass is 300 g/mol. The molecule has 0 fully saturated rings. The fourth-order valence-electron chi connectivity index (χ4n) is 1.92. The van der Waals surface area contributed by atoms with Crippen LogP contribution in [0.15, 0.2) is 30.6 Å². The van der Waals surface area contributed by atoms with E-state index in [1.807, 2.05) is 37.5 Å². The lowest BCUT2D eigenvalue weighted by Crippen LogP contribution is -2.09.